The number of rotatable bonds is 5. The third-order valence-electron chi connectivity index (χ3n) is 5.52. The fourth-order valence-electron chi connectivity index (χ4n) is 3.89. The minimum Gasteiger partial charge on any atom is -0.350 e. The van der Waals surface area contributed by atoms with E-state index in [4.69, 9.17) is 11.6 Å². The van der Waals surface area contributed by atoms with Gasteiger partial charge in [-0.05, 0) is 43.6 Å². The molecule has 0 radical (unpaired) electrons. The van der Waals surface area contributed by atoms with E-state index in [0.717, 1.165) is 31.5 Å². The molecule has 8 nitrogen and oxygen atoms in total. The number of carbonyl (C=O) groups excluding carboxylic acids is 1. The van der Waals surface area contributed by atoms with E-state index in [1.807, 2.05) is 24.3 Å². The molecule has 1 amide bonds. The second-order valence-electron chi connectivity index (χ2n) is 7.40. The largest absolute Gasteiger partial charge is 0.350 e. The molecule has 1 saturated heterocycles. The highest BCUT2D eigenvalue weighted by Crippen LogP contribution is 2.29. The highest BCUT2D eigenvalue weighted by atomic mass is 35.5. The maximum atomic E-state index is 12.8. The summed E-state index contributed by atoms with van der Waals surface area (Å²) >= 11 is 6.42. The number of amides is 1. The highest BCUT2D eigenvalue weighted by Gasteiger charge is 2.25. The van der Waals surface area contributed by atoms with E-state index in [1.54, 1.807) is 0 Å². The molecule has 0 aliphatic carbocycles. The molecular weight excluding hydrogens is 406 g/mol. The monoisotopic (exact) mass is 427 g/mol. The molecule has 0 saturated carbocycles. The van der Waals surface area contributed by atoms with Crippen molar-refractivity contribution in [3.63, 3.8) is 0 Å². The maximum absolute atomic E-state index is 12.8. The molecule has 4 rings (SSSR count). The fraction of sp³-hybridized carbons (Fsp3) is 0.333. The molecule has 1 aliphatic heterocycles. The van der Waals surface area contributed by atoms with Crippen molar-refractivity contribution in [2.45, 2.75) is 18.9 Å². The molecular formula is C21H22ClN5O3. The number of pyridine rings is 1. The van der Waals surface area contributed by atoms with Crippen LogP contribution in [0.5, 0.6) is 0 Å². The molecule has 3 aromatic rings. The first kappa shape index (κ1) is 20.3. The Kier molecular flexibility index (Phi) is 5.69. The van der Waals surface area contributed by atoms with Gasteiger partial charge in [0.2, 0.25) is 0 Å². The number of hydrogen-bond acceptors (Lipinski definition) is 5. The van der Waals surface area contributed by atoms with Gasteiger partial charge < -0.3 is 5.32 Å². The number of benzene rings is 1. The predicted octanol–water partition coefficient (Wildman–Crippen LogP) is 1.84. The smallest absolute Gasteiger partial charge is 0.329 e. The lowest BCUT2D eigenvalue weighted by atomic mass is 10.1. The molecule has 1 aromatic carbocycles. The Hall–Kier alpha value is -2.97. The summed E-state index contributed by atoms with van der Waals surface area (Å²) in [6.45, 7) is 2.28. The maximum Gasteiger partial charge on any atom is 0.329 e. The number of nitrogens with one attached hydrogen (secondary N) is 2. The summed E-state index contributed by atoms with van der Waals surface area (Å²) in [6, 6.07) is 9.08. The van der Waals surface area contributed by atoms with Crippen molar-refractivity contribution in [1.82, 2.24) is 24.8 Å². The second-order valence-corrected chi connectivity index (χ2v) is 7.81. The molecule has 156 valence electrons. The van der Waals surface area contributed by atoms with Gasteiger partial charge in [-0.15, -0.1) is 0 Å². The van der Waals surface area contributed by atoms with Crippen molar-refractivity contribution >= 4 is 28.5 Å². The number of halogens is 1. The summed E-state index contributed by atoms with van der Waals surface area (Å²) in [7, 11) is 1.51. The number of fused-ring (bicyclic) bond motifs is 1. The number of aryl methyl sites for hydroxylation is 1. The minimum atomic E-state index is -0.568. The highest BCUT2D eigenvalue weighted by molar-refractivity contribution is 6.31. The predicted molar refractivity (Wildman–Crippen MR) is 115 cm³/mol. The molecule has 1 aliphatic rings. The average molecular weight is 428 g/mol. The lowest BCUT2D eigenvalue weighted by Crippen LogP contribution is -2.37. The quantitative estimate of drug-likeness (QED) is 0.647. The molecule has 2 aromatic heterocycles. The number of aromatic amines is 1. The van der Waals surface area contributed by atoms with E-state index in [0.29, 0.717) is 11.6 Å². The van der Waals surface area contributed by atoms with Gasteiger partial charge in [0.05, 0.1) is 17.0 Å². The molecule has 30 heavy (non-hydrogen) atoms. The summed E-state index contributed by atoms with van der Waals surface area (Å²) in [4.78, 5) is 45.3. The number of likely N-dealkylation sites (tertiary alicyclic amines) is 1. The Morgan fingerprint density at radius 2 is 2.00 bits per heavy atom. The first-order chi connectivity index (χ1) is 14.5. The van der Waals surface area contributed by atoms with Gasteiger partial charge in [-0.1, -0.05) is 29.8 Å². The third-order valence-corrected chi connectivity index (χ3v) is 5.86. The zero-order chi connectivity index (χ0) is 21.3. The Bertz CT molecular complexity index is 1210. The van der Waals surface area contributed by atoms with Crippen molar-refractivity contribution in [2.75, 3.05) is 19.6 Å². The van der Waals surface area contributed by atoms with Crippen LogP contribution >= 0.6 is 11.6 Å². The number of carbonyl (C=O) groups is 1. The van der Waals surface area contributed by atoms with Crippen LogP contribution in [0.3, 0.4) is 0 Å². The van der Waals surface area contributed by atoms with Crippen molar-refractivity contribution in [3.8, 4) is 0 Å². The minimum absolute atomic E-state index is 0.0391. The van der Waals surface area contributed by atoms with Crippen LogP contribution in [0.2, 0.25) is 5.02 Å². The van der Waals surface area contributed by atoms with Crippen LogP contribution < -0.4 is 16.6 Å². The van der Waals surface area contributed by atoms with Crippen LogP contribution in [0.25, 0.3) is 11.0 Å². The van der Waals surface area contributed by atoms with Crippen molar-refractivity contribution in [3.05, 3.63) is 73.5 Å². The van der Waals surface area contributed by atoms with Crippen LogP contribution in [0, 0.1) is 0 Å². The average Bonchev–Trinajstić information content (AvgIpc) is 3.27. The lowest BCUT2D eigenvalue weighted by Gasteiger charge is -2.29. The Balaban J connectivity index is 1.58. The standard InChI is InChI=1S/C21H22ClN5O3/c1-26-18-15(20(29)25-21(26)30)10-13(11-23-18)19(28)24-12-17(27-8-4-5-9-27)14-6-2-3-7-16(14)22/h2-3,6-7,10-11,17H,4-5,8-9,12H2,1H3,(H,24,28)(H,25,29,30)/t17-/m0/s1. The number of hydrogen-bond donors (Lipinski definition) is 2. The zero-order valence-corrected chi connectivity index (χ0v) is 17.3. The zero-order valence-electron chi connectivity index (χ0n) is 16.5. The van der Waals surface area contributed by atoms with Crippen molar-refractivity contribution in [2.24, 2.45) is 7.05 Å². The van der Waals surface area contributed by atoms with E-state index < -0.39 is 11.2 Å². The van der Waals surface area contributed by atoms with Gasteiger partial charge in [0, 0.05) is 24.8 Å². The van der Waals surface area contributed by atoms with Gasteiger partial charge in [0.1, 0.15) is 5.65 Å². The first-order valence-corrected chi connectivity index (χ1v) is 10.2. The Labute approximate surface area is 177 Å². The topological polar surface area (TPSA) is 100 Å². The van der Waals surface area contributed by atoms with Crippen LogP contribution in [-0.2, 0) is 7.05 Å². The second kappa shape index (κ2) is 8.41. The van der Waals surface area contributed by atoms with Crippen LogP contribution in [0.4, 0.5) is 0 Å². The van der Waals surface area contributed by atoms with Crippen molar-refractivity contribution in [1.29, 1.82) is 0 Å². The fourth-order valence-corrected chi connectivity index (χ4v) is 4.15. The van der Waals surface area contributed by atoms with Gasteiger partial charge in [0.25, 0.3) is 11.5 Å². The lowest BCUT2D eigenvalue weighted by molar-refractivity contribution is 0.0937. The van der Waals surface area contributed by atoms with Gasteiger partial charge in [0.15, 0.2) is 0 Å². The summed E-state index contributed by atoms with van der Waals surface area (Å²) in [5.74, 6) is -0.339. The number of H-pyrrole nitrogens is 1. The normalized spacial score (nSPS) is 15.4. The molecule has 0 unspecified atom stereocenters. The van der Waals surface area contributed by atoms with Gasteiger partial charge in [-0.25, -0.2) is 9.78 Å². The molecule has 3 heterocycles. The van der Waals surface area contributed by atoms with Gasteiger partial charge >= 0.3 is 5.69 Å². The summed E-state index contributed by atoms with van der Waals surface area (Å²) in [5, 5.41) is 3.81. The van der Waals surface area contributed by atoms with E-state index in [1.165, 1.54) is 23.9 Å². The SMILES string of the molecule is Cn1c(=O)[nH]c(=O)c2cc(C(=O)NC[C@@H](c3ccccc3Cl)N3CCCC3)cnc21. The first-order valence-electron chi connectivity index (χ1n) is 9.81. The summed E-state index contributed by atoms with van der Waals surface area (Å²) < 4.78 is 1.24. The summed E-state index contributed by atoms with van der Waals surface area (Å²) in [6.07, 6.45) is 3.60. The third kappa shape index (κ3) is 3.88. The Morgan fingerprint density at radius 3 is 2.73 bits per heavy atom. The molecule has 0 bridgehead atoms. The van der Waals surface area contributed by atoms with E-state index in [9.17, 15) is 14.4 Å². The molecule has 9 heteroatoms. The van der Waals surface area contributed by atoms with Gasteiger partial charge in [-0.2, -0.15) is 0 Å². The van der Waals surface area contributed by atoms with Gasteiger partial charge in [-0.3, -0.25) is 24.0 Å². The molecule has 1 atom stereocenters. The summed E-state index contributed by atoms with van der Waals surface area (Å²) in [5.41, 5.74) is 0.341. The molecule has 0 spiro atoms. The van der Waals surface area contributed by atoms with Crippen molar-refractivity contribution < 1.29 is 4.79 Å². The van der Waals surface area contributed by atoms with Crippen LogP contribution in [0.1, 0.15) is 34.8 Å². The Morgan fingerprint density at radius 1 is 1.27 bits per heavy atom. The van der Waals surface area contributed by atoms with E-state index in [2.05, 4.69) is 20.2 Å². The number of nitrogens with zero attached hydrogens (tertiary/aromatic N) is 3. The van der Waals surface area contributed by atoms with Crippen LogP contribution in [0.15, 0.2) is 46.1 Å². The molecule has 1 fully saturated rings. The molecule has 2 N–H and O–H groups in total. The number of aromatic nitrogens is 3. The van der Waals surface area contributed by atoms with E-state index in [-0.39, 0.29) is 28.5 Å². The van der Waals surface area contributed by atoms with Crippen LogP contribution in [-0.4, -0.2) is 45.0 Å². The van der Waals surface area contributed by atoms with E-state index >= 15 is 0 Å².